The Balaban J connectivity index is 2.02. The average molecular weight is 253 g/mol. The fraction of sp³-hybridized carbons (Fsp3) is 0.462. The quantitative estimate of drug-likeness (QED) is 0.865. The minimum atomic E-state index is -1.26. The van der Waals surface area contributed by atoms with E-state index in [1.54, 1.807) is 6.07 Å². The standard InChI is InChI=1S/C13H16FNO3/c1-13(5-2-6-18-13)8-15-9-3-4-10(12(16)17)11(14)7-9/h3-4,7,15H,2,5-6,8H2,1H3,(H,16,17). The van der Waals surface area contributed by atoms with Crippen LogP contribution in [0.5, 0.6) is 0 Å². The van der Waals surface area contributed by atoms with Crippen molar-refractivity contribution in [1.82, 2.24) is 0 Å². The molecular weight excluding hydrogens is 237 g/mol. The molecule has 1 atom stereocenters. The molecule has 0 amide bonds. The van der Waals surface area contributed by atoms with Crippen molar-refractivity contribution in [2.24, 2.45) is 0 Å². The summed E-state index contributed by atoms with van der Waals surface area (Å²) in [4.78, 5) is 10.7. The predicted molar refractivity (Wildman–Crippen MR) is 65.4 cm³/mol. The molecule has 0 saturated carbocycles. The van der Waals surface area contributed by atoms with Gasteiger partial charge in [-0.3, -0.25) is 0 Å². The largest absolute Gasteiger partial charge is 0.478 e. The molecule has 2 N–H and O–H groups in total. The summed E-state index contributed by atoms with van der Waals surface area (Å²) in [7, 11) is 0. The normalized spacial score (nSPS) is 23.0. The Labute approximate surface area is 105 Å². The number of halogens is 1. The van der Waals surface area contributed by atoms with E-state index in [1.165, 1.54) is 12.1 Å². The number of rotatable bonds is 4. The highest BCUT2D eigenvalue weighted by Gasteiger charge is 2.29. The van der Waals surface area contributed by atoms with Gasteiger partial charge >= 0.3 is 5.97 Å². The molecule has 0 radical (unpaired) electrons. The summed E-state index contributed by atoms with van der Waals surface area (Å²) < 4.78 is 19.0. The molecule has 1 aliphatic heterocycles. The summed E-state index contributed by atoms with van der Waals surface area (Å²) >= 11 is 0. The van der Waals surface area contributed by atoms with E-state index < -0.39 is 11.8 Å². The lowest BCUT2D eigenvalue weighted by molar-refractivity contribution is 0.0315. The highest BCUT2D eigenvalue weighted by molar-refractivity contribution is 5.88. The van der Waals surface area contributed by atoms with Gasteiger partial charge in [-0.1, -0.05) is 0 Å². The Kier molecular flexibility index (Phi) is 3.52. The number of aromatic carboxylic acids is 1. The Bertz CT molecular complexity index is 456. The van der Waals surface area contributed by atoms with E-state index in [0.717, 1.165) is 19.4 Å². The summed E-state index contributed by atoms with van der Waals surface area (Å²) in [5, 5.41) is 11.8. The van der Waals surface area contributed by atoms with Gasteiger partial charge in [0.25, 0.3) is 0 Å². The fourth-order valence-electron chi connectivity index (χ4n) is 2.06. The monoisotopic (exact) mass is 253 g/mol. The van der Waals surface area contributed by atoms with E-state index in [4.69, 9.17) is 9.84 Å². The van der Waals surface area contributed by atoms with Crippen molar-refractivity contribution in [1.29, 1.82) is 0 Å². The van der Waals surface area contributed by atoms with E-state index >= 15 is 0 Å². The van der Waals surface area contributed by atoms with Crippen molar-refractivity contribution >= 4 is 11.7 Å². The van der Waals surface area contributed by atoms with Crippen LogP contribution >= 0.6 is 0 Å². The van der Waals surface area contributed by atoms with Gasteiger partial charge < -0.3 is 15.2 Å². The van der Waals surface area contributed by atoms with Crippen LogP contribution in [0.25, 0.3) is 0 Å². The first-order chi connectivity index (χ1) is 8.50. The van der Waals surface area contributed by atoms with Gasteiger partial charge in [-0.05, 0) is 38.0 Å². The molecule has 0 spiro atoms. The molecule has 1 saturated heterocycles. The van der Waals surface area contributed by atoms with Crippen LogP contribution in [0.15, 0.2) is 18.2 Å². The first-order valence-corrected chi connectivity index (χ1v) is 5.91. The summed E-state index contributed by atoms with van der Waals surface area (Å²) in [5.74, 6) is -1.99. The molecule has 1 fully saturated rings. The number of anilines is 1. The highest BCUT2D eigenvalue weighted by atomic mass is 19.1. The maximum atomic E-state index is 13.4. The van der Waals surface area contributed by atoms with Gasteiger partial charge in [0.1, 0.15) is 5.82 Å². The molecule has 1 aliphatic rings. The molecule has 1 heterocycles. The lowest BCUT2D eigenvalue weighted by atomic mass is 10.0. The topological polar surface area (TPSA) is 58.6 Å². The Morgan fingerprint density at radius 1 is 1.61 bits per heavy atom. The van der Waals surface area contributed by atoms with Gasteiger partial charge in [0.2, 0.25) is 0 Å². The van der Waals surface area contributed by atoms with Crippen molar-refractivity contribution in [2.75, 3.05) is 18.5 Å². The number of carbonyl (C=O) groups is 1. The molecule has 0 aromatic heterocycles. The van der Waals surface area contributed by atoms with Crippen molar-refractivity contribution in [3.63, 3.8) is 0 Å². The van der Waals surface area contributed by atoms with Gasteiger partial charge in [0.05, 0.1) is 11.2 Å². The first kappa shape index (κ1) is 12.8. The van der Waals surface area contributed by atoms with Gasteiger partial charge in [0, 0.05) is 18.8 Å². The molecule has 5 heteroatoms. The zero-order valence-electron chi connectivity index (χ0n) is 10.2. The highest BCUT2D eigenvalue weighted by Crippen LogP contribution is 2.25. The molecule has 4 nitrogen and oxygen atoms in total. The van der Waals surface area contributed by atoms with Crippen LogP contribution in [0.4, 0.5) is 10.1 Å². The minimum Gasteiger partial charge on any atom is -0.478 e. The number of carboxylic acids is 1. The Morgan fingerprint density at radius 2 is 2.39 bits per heavy atom. The van der Waals surface area contributed by atoms with Crippen molar-refractivity contribution < 1.29 is 19.0 Å². The van der Waals surface area contributed by atoms with Gasteiger partial charge in [-0.2, -0.15) is 0 Å². The molecule has 2 rings (SSSR count). The lowest BCUT2D eigenvalue weighted by Gasteiger charge is -2.24. The summed E-state index contributed by atoms with van der Waals surface area (Å²) in [6.07, 6.45) is 2.00. The molecule has 98 valence electrons. The second-order valence-electron chi connectivity index (χ2n) is 4.76. The number of carboxylic acid groups (broad SMARTS) is 1. The lowest BCUT2D eigenvalue weighted by Crippen LogP contribution is -2.32. The molecule has 18 heavy (non-hydrogen) atoms. The van der Waals surface area contributed by atoms with Gasteiger partial charge in [0.15, 0.2) is 0 Å². The van der Waals surface area contributed by atoms with Crippen molar-refractivity contribution in [2.45, 2.75) is 25.4 Å². The van der Waals surface area contributed by atoms with E-state index in [0.29, 0.717) is 12.2 Å². The maximum absolute atomic E-state index is 13.4. The van der Waals surface area contributed by atoms with Crippen LogP contribution in [0.3, 0.4) is 0 Å². The van der Waals surface area contributed by atoms with Crippen molar-refractivity contribution in [3.8, 4) is 0 Å². The fourth-order valence-corrected chi connectivity index (χ4v) is 2.06. The summed E-state index contributed by atoms with van der Waals surface area (Å²) in [5.41, 5.74) is 0.0280. The number of hydrogen-bond donors (Lipinski definition) is 2. The molecule has 1 aromatic carbocycles. The van der Waals surface area contributed by atoms with Crippen molar-refractivity contribution in [3.05, 3.63) is 29.6 Å². The zero-order chi connectivity index (χ0) is 13.2. The third-order valence-corrected chi connectivity index (χ3v) is 3.17. The van der Waals surface area contributed by atoms with Crippen LogP contribution in [0.1, 0.15) is 30.1 Å². The molecular formula is C13H16FNO3. The predicted octanol–water partition coefficient (Wildman–Crippen LogP) is 2.50. The number of ether oxygens (including phenoxy) is 1. The van der Waals surface area contributed by atoms with Gasteiger partial charge in [-0.25, -0.2) is 9.18 Å². The van der Waals surface area contributed by atoms with Crippen LogP contribution in [-0.2, 0) is 4.74 Å². The number of benzene rings is 1. The second-order valence-corrected chi connectivity index (χ2v) is 4.76. The van der Waals surface area contributed by atoms with Crippen LogP contribution in [-0.4, -0.2) is 29.8 Å². The van der Waals surface area contributed by atoms with E-state index in [2.05, 4.69) is 5.32 Å². The molecule has 1 unspecified atom stereocenters. The molecule has 0 bridgehead atoms. The van der Waals surface area contributed by atoms with Crippen LogP contribution in [0.2, 0.25) is 0 Å². The minimum absolute atomic E-state index is 0.220. The Morgan fingerprint density at radius 3 is 2.94 bits per heavy atom. The Hall–Kier alpha value is -1.62. The number of hydrogen-bond acceptors (Lipinski definition) is 3. The average Bonchev–Trinajstić information content (AvgIpc) is 2.74. The molecule has 0 aliphatic carbocycles. The first-order valence-electron chi connectivity index (χ1n) is 5.91. The van der Waals surface area contributed by atoms with E-state index in [-0.39, 0.29) is 11.2 Å². The van der Waals surface area contributed by atoms with E-state index in [9.17, 15) is 9.18 Å². The second kappa shape index (κ2) is 4.94. The summed E-state index contributed by atoms with van der Waals surface area (Å²) in [6.45, 7) is 3.35. The zero-order valence-corrected chi connectivity index (χ0v) is 10.2. The molecule has 1 aromatic rings. The maximum Gasteiger partial charge on any atom is 0.338 e. The third-order valence-electron chi connectivity index (χ3n) is 3.17. The smallest absolute Gasteiger partial charge is 0.338 e. The van der Waals surface area contributed by atoms with Crippen LogP contribution in [0, 0.1) is 5.82 Å². The number of nitrogens with one attached hydrogen (secondary N) is 1. The van der Waals surface area contributed by atoms with Crippen LogP contribution < -0.4 is 5.32 Å². The summed E-state index contributed by atoms with van der Waals surface area (Å²) in [6, 6.07) is 4.02. The third kappa shape index (κ3) is 2.79. The van der Waals surface area contributed by atoms with E-state index in [1.807, 2.05) is 6.92 Å². The van der Waals surface area contributed by atoms with Gasteiger partial charge in [-0.15, -0.1) is 0 Å². The SMILES string of the molecule is CC1(CNc2ccc(C(=O)O)c(F)c2)CCCO1.